The van der Waals surface area contributed by atoms with Crippen LogP contribution in [0.2, 0.25) is 0 Å². The third-order valence-corrected chi connectivity index (χ3v) is 9.76. The van der Waals surface area contributed by atoms with Gasteiger partial charge in [0.2, 0.25) is 0 Å². The third-order valence-electron chi connectivity index (χ3n) is 9.28. The van der Waals surface area contributed by atoms with Crippen LogP contribution in [-0.2, 0) is 28.2 Å². The van der Waals surface area contributed by atoms with Gasteiger partial charge >= 0.3 is 19.8 Å². The molecule has 0 heterocycles. The first kappa shape index (κ1) is 51.2. The topological polar surface area (TPSA) is 140 Å². The normalized spacial score (nSPS) is 13.4. The average molecular weight is 771 g/mol. The maximum absolute atomic E-state index is 12.4. The second-order valence-corrected chi connectivity index (χ2v) is 15.7. The summed E-state index contributed by atoms with van der Waals surface area (Å²) in [6.07, 6.45) is 41.8. The number of ether oxygens (including phenoxy) is 2. The molecule has 0 rings (SSSR count). The van der Waals surface area contributed by atoms with Gasteiger partial charge in [0.25, 0.3) is 0 Å². The number of carbonyl (C=O) groups excluding carboxylic acids is 2. The fourth-order valence-electron chi connectivity index (χ4n) is 6.09. The summed E-state index contributed by atoms with van der Waals surface area (Å²) in [5, 5.41) is 10.1. The lowest BCUT2D eigenvalue weighted by Gasteiger charge is -2.18. The molecule has 0 aliphatic carbocycles. The van der Waals surface area contributed by atoms with Crippen molar-refractivity contribution in [3.63, 3.8) is 0 Å². The van der Waals surface area contributed by atoms with E-state index in [0.29, 0.717) is 19.3 Å². The Kier molecular flexibility index (Phi) is 37.2. The highest BCUT2D eigenvalue weighted by Crippen LogP contribution is 2.36. The monoisotopic (exact) mass is 771 g/mol. The van der Waals surface area contributed by atoms with Crippen LogP contribution in [0.25, 0.3) is 0 Å². The highest BCUT2D eigenvalue weighted by atomic mass is 31.2. The number of hydrogen-bond acceptors (Lipinski definition) is 7. The summed E-state index contributed by atoms with van der Waals surface area (Å²) >= 11 is 0. The number of phosphoric acid groups is 1. The van der Waals surface area contributed by atoms with Crippen LogP contribution >= 0.6 is 7.82 Å². The molecule has 0 radical (unpaired) electrons. The third kappa shape index (κ3) is 41.2. The molecule has 0 aromatic rings. The van der Waals surface area contributed by atoms with Crippen molar-refractivity contribution in [2.45, 2.75) is 212 Å². The minimum atomic E-state index is -4.78. The summed E-state index contributed by atoms with van der Waals surface area (Å²) in [6.45, 7) is 3.49. The Bertz CT molecular complexity index is 975. The molecule has 3 N–H and O–H groups in total. The van der Waals surface area contributed by atoms with Gasteiger partial charge in [-0.3, -0.25) is 14.1 Å². The zero-order chi connectivity index (χ0) is 39.1. The van der Waals surface area contributed by atoms with E-state index in [0.717, 1.165) is 51.4 Å². The molecule has 310 valence electrons. The van der Waals surface area contributed by atoms with Gasteiger partial charge in [0.1, 0.15) is 6.61 Å². The molecule has 0 amide bonds. The lowest BCUT2D eigenvalue weighted by molar-refractivity contribution is -0.161. The van der Waals surface area contributed by atoms with Crippen molar-refractivity contribution in [3.8, 4) is 0 Å². The largest absolute Gasteiger partial charge is 0.469 e. The Morgan fingerprint density at radius 1 is 0.585 bits per heavy atom. The van der Waals surface area contributed by atoms with E-state index in [4.69, 9.17) is 19.3 Å². The van der Waals surface area contributed by atoms with Gasteiger partial charge in [-0.05, 0) is 32.1 Å². The predicted molar refractivity (Wildman–Crippen MR) is 218 cm³/mol. The first-order valence-corrected chi connectivity index (χ1v) is 22.9. The van der Waals surface area contributed by atoms with E-state index in [2.05, 4.69) is 30.5 Å². The van der Waals surface area contributed by atoms with E-state index in [1.165, 1.54) is 103 Å². The number of unbranched alkanes of at least 4 members (excludes halogenated alkanes) is 22. The maximum Gasteiger partial charge on any atom is 0.469 e. The number of aliphatic hydroxyl groups is 1. The summed E-state index contributed by atoms with van der Waals surface area (Å²) in [6, 6.07) is 0. The van der Waals surface area contributed by atoms with Gasteiger partial charge in [-0.25, -0.2) is 4.57 Å². The quantitative estimate of drug-likeness (QED) is 0.0183. The van der Waals surface area contributed by atoms with Crippen molar-refractivity contribution in [3.05, 3.63) is 36.5 Å². The lowest BCUT2D eigenvalue weighted by atomic mass is 10.0. The summed E-state index contributed by atoms with van der Waals surface area (Å²) in [5.74, 6) is -0.955. The fraction of sp³-hybridized carbons (Fsp3) is 0.814. The first-order valence-electron chi connectivity index (χ1n) is 21.4. The molecule has 53 heavy (non-hydrogen) atoms. The van der Waals surface area contributed by atoms with Crippen molar-refractivity contribution in [2.24, 2.45) is 0 Å². The van der Waals surface area contributed by atoms with Crippen LogP contribution in [0.5, 0.6) is 0 Å². The van der Waals surface area contributed by atoms with Crippen molar-refractivity contribution in [1.82, 2.24) is 0 Å². The van der Waals surface area contributed by atoms with Gasteiger partial charge in [-0.2, -0.15) is 0 Å². The van der Waals surface area contributed by atoms with Crippen LogP contribution in [0.4, 0.5) is 0 Å². The highest BCUT2D eigenvalue weighted by Gasteiger charge is 2.23. The Balaban J connectivity index is 3.95. The number of phosphoric ester groups is 1. The Labute approximate surface area is 324 Å². The Morgan fingerprint density at radius 3 is 1.55 bits per heavy atom. The summed E-state index contributed by atoms with van der Waals surface area (Å²) in [7, 11) is -4.78. The van der Waals surface area contributed by atoms with E-state index in [-0.39, 0.29) is 19.4 Å². The molecule has 0 aromatic heterocycles. The lowest BCUT2D eigenvalue weighted by Crippen LogP contribution is -2.29. The molecule has 1 unspecified atom stereocenters. The van der Waals surface area contributed by atoms with Crippen LogP contribution in [0.3, 0.4) is 0 Å². The smallest absolute Gasteiger partial charge is 0.462 e. The zero-order valence-electron chi connectivity index (χ0n) is 33.8. The number of aliphatic hydroxyl groups excluding tert-OH is 1. The van der Waals surface area contributed by atoms with Crippen LogP contribution in [0.15, 0.2) is 36.5 Å². The number of rotatable bonds is 39. The van der Waals surface area contributed by atoms with Gasteiger partial charge in [0, 0.05) is 12.8 Å². The van der Waals surface area contributed by atoms with Crippen LogP contribution in [0, 0.1) is 0 Å². The maximum atomic E-state index is 12.4. The van der Waals surface area contributed by atoms with E-state index < -0.39 is 38.6 Å². The molecule has 9 nitrogen and oxygen atoms in total. The van der Waals surface area contributed by atoms with Gasteiger partial charge in [0.05, 0.1) is 12.7 Å². The van der Waals surface area contributed by atoms with Gasteiger partial charge in [-0.1, -0.05) is 192 Å². The molecular weight excluding hydrogens is 691 g/mol. The van der Waals surface area contributed by atoms with Crippen molar-refractivity contribution in [1.29, 1.82) is 0 Å². The summed E-state index contributed by atoms with van der Waals surface area (Å²) in [4.78, 5) is 42.9. The molecule has 0 saturated heterocycles. The first-order chi connectivity index (χ1) is 25.7. The zero-order valence-corrected chi connectivity index (χ0v) is 34.7. The van der Waals surface area contributed by atoms with Crippen LogP contribution < -0.4 is 0 Å². The van der Waals surface area contributed by atoms with Gasteiger partial charge < -0.3 is 24.4 Å². The van der Waals surface area contributed by atoms with E-state index in [1.807, 2.05) is 18.2 Å². The SMILES string of the molecule is CC/C=C/C/C=C/C=C/C(O)CCCCCCCC(=O)O[C@H](COC(=O)CCCCCCCCCCCCCCCCCCCCC)COP(=O)(O)O. The fourth-order valence-corrected chi connectivity index (χ4v) is 6.45. The molecular formula is C43H79O9P. The highest BCUT2D eigenvalue weighted by molar-refractivity contribution is 7.46. The molecule has 0 spiro atoms. The van der Waals surface area contributed by atoms with Crippen LogP contribution in [-0.4, -0.2) is 52.3 Å². The number of hydrogen-bond donors (Lipinski definition) is 3. The standard InChI is InChI=1S/C43H79O9P/c1-3-5-7-9-11-12-13-14-15-16-17-18-19-20-21-22-24-28-32-36-42(45)50-38-41(39-51-53(47,48)49)52-43(46)37-33-29-25-27-31-35-40(44)34-30-26-23-10-8-6-4-2/h6,8,23,26,30,34,40-41,44H,3-5,7,9-22,24-25,27-29,31-33,35-39H2,1-2H3,(H2,47,48,49)/b8-6+,26-23+,34-30+/t40?,41-/m1/s1. The van der Waals surface area contributed by atoms with E-state index in [9.17, 15) is 19.3 Å². The molecule has 0 bridgehead atoms. The summed E-state index contributed by atoms with van der Waals surface area (Å²) in [5.41, 5.74) is 0. The minimum Gasteiger partial charge on any atom is -0.462 e. The number of esters is 2. The average Bonchev–Trinajstić information content (AvgIpc) is 3.12. The van der Waals surface area contributed by atoms with Crippen molar-refractivity contribution < 1.29 is 43.0 Å². The molecule has 0 fully saturated rings. The van der Waals surface area contributed by atoms with Crippen molar-refractivity contribution in [2.75, 3.05) is 13.2 Å². The van der Waals surface area contributed by atoms with Crippen molar-refractivity contribution >= 4 is 19.8 Å². The molecule has 2 atom stereocenters. The van der Waals surface area contributed by atoms with Gasteiger partial charge in [0.15, 0.2) is 6.10 Å². The molecule has 0 aromatic carbocycles. The molecule has 0 saturated carbocycles. The molecule has 0 aliphatic rings. The predicted octanol–water partition coefficient (Wildman–Crippen LogP) is 11.9. The summed E-state index contributed by atoms with van der Waals surface area (Å²) < 4.78 is 26.3. The Morgan fingerprint density at radius 2 is 1.06 bits per heavy atom. The number of allylic oxidation sites excluding steroid dienone is 5. The second kappa shape index (κ2) is 38.5. The molecule has 10 heteroatoms. The van der Waals surface area contributed by atoms with Gasteiger partial charge in [-0.15, -0.1) is 0 Å². The minimum absolute atomic E-state index is 0.144. The van der Waals surface area contributed by atoms with E-state index >= 15 is 0 Å². The second-order valence-electron chi connectivity index (χ2n) is 14.5. The molecule has 0 aliphatic heterocycles. The number of carbonyl (C=O) groups is 2. The Hall–Kier alpha value is -1.77. The van der Waals surface area contributed by atoms with Crippen LogP contribution in [0.1, 0.15) is 200 Å². The van der Waals surface area contributed by atoms with E-state index in [1.54, 1.807) is 6.08 Å².